The number of piperidine rings is 1. The molecule has 1 fully saturated rings. The predicted octanol–water partition coefficient (Wildman–Crippen LogP) is 2.01. The second-order valence-corrected chi connectivity index (χ2v) is 4.66. The molecule has 0 spiro atoms. The number of rotatable bonds is 2. The topological polar surface area (TPSA) is 52.9 Å². The number of benzene rings is 1. The van der Waals surface area contributed by atoms with Gasteiger partial charge in [0.15, 0.2) is 5.79 Å². The highest BCUT2D eigenvalue weighted by Gasteiger charge is 2.32. The Morgan fingerprint density at radius 1 is 1.10 bits per heavy atom. The van der Waals surface area contributed by atoms with E-state index in [0.717, 1.165) is 12.1 Å². The zero-order chi connectivity index (χ0) is 15.0. The van der Waals surface area contributed by atoms with E-state index < -0.39 is 23.7 Å². The molecule has 0 bridgehead atoms. The molecule has 0 unspecified atom stereocenters. The lowest BCUT2D eigenvalue weighted by molar-refractivity contribution is -0.274. The molecule has 2 N–H and O–H groups in total. The number of halogens is 4. The van der Waals surface area contributed by atoms with Crippen LogP contribution in [0.5, 0.6) is 5.75 Å². The van der Waals surface area contributed by atoms with Gasteiger partial charge in [-0.1, -0.05) is 0 Å². The zero-order valence-electron chi connectivity index (χ0n) is 10.3. The van der Waals surface area contributed by atoms with Crippen LogP contribution in [-0.4, -0.2) is 35.5 Å². The summed E-state index contributed by atoms with van der Waals surface area (Å²) in [6.07, 6.45) is -4.84. The standard InChI is InChI=1S/C12H13F4NO3/c13-8-5-9(7-10(6-8)20-12(14,15)16)17-3-1-11(18,19)2-4-17/h5-7,18-19H,1-4H2. The lowest BCUT2D eigenvalue weighted by atomic mass is 10.0. The van der Waals surface area contributed by atoms with Crippen molar-refractivity contribution < 1.29 is 32.5 Å². The fraction of sp³-hybridized carbons (Fsp3) is 0.500. The molecular formula is C12H13F4NO3. The summed E-state index contributed by atoms with van der Waals surface area (Å²) in [7, 11) is 0. The van der Waals surface area contributed by atoms with Crippen molar-refractivity contribution in [2.75, 3.05) is 18.0 Å². The molecular weight excluding hydrogens is 282 g/mol. The summed E-state index contributed by atoms with van der Waals surface area (Å²) in [5.74, 6) is -3.28. The molecule has 1 saturated heterocycles. The van der Waals surface area contributed by atoms with Crippen LogP contribution in [0.2, 0.25) is 0 Å². The summed E-state index contributed by atoms with van der Waals surface area (Å²) < 4.78 is 53.4. The molecule has 4 nitrogen and oxygen atoms in total. The molecule has 1 aromatic rings. The van der Waals surface area contributed by atoms with Crippen LogP contribution in [0.1, 0.15) is 12.8 Å². The van der Waals surface area contributed by atoms with Crippen molar-refractivity contribution in [3.05, 3.63) is 24.0 Å². The van der Waals surface area contributed by atoms with E-state index in [1.165, 1.54) is 0 Å². The van der Waals surface area contributed by atoms with Gasteiger partial charge in [-0.3, -0.25) is 0 Å². The van der Waals surface area contributed by atoms with Gasteiger partial charge >= 0.3 is 6.36 Å². The molecule has 0 aliphatic carbocycles. The van der Waals surface area contributed by atoms with Gasteiger partial charge in [0.2, 0.25) is 0 Å². The lowest BCUT2D eigenvalue weighted by Crippen LogP contribution is -2.44. The third-order valence-electron chi connectivity index (χ3n) is 3.02. The van der Waals surface area contributed by atoms with Crippen LogP contribution in [0, 0.1) is 5.82 Å². The maximum atomic E-state index is 13.3. The fourth-order valence-electron chi connectivity index (χ4n) is 2.05. The first-order valence-electron chi connectivity index (χ1n) is 5.91. The Morgan fingerprint density at radius 2 is 1.70 bits per heavy atom. The SMILES string of the molecule is OC1(O)CCN(c2cc(F)cc(OC(F)(F)F)c2)CC1. The predicted molar refractivity (Wildman–Crippen MR) is 61.7 cm³/mol. The van der Waals surface area contributed by atoms with E-state index in [4.69, 9.17) is 0 Å². The van der Waals surface area contributed by atoms with Gasteiger partial charge in [0.05, 0.1) is 0 Å². The molecule has 1 aliphatic rings. The Kier molecular flexibility index (Phi) is 3.79. The van der Waals surface area contributed by atoms with E-state index in [9.17, 15) is 27.8 Å². The number of hydrogen-bond acceptors (Lipinski definition) is 4. The molecule has 2 rings (SSSR count). The monoisotopic (exact) mass is 295 g/mol. The summed E-state index contributed by atoms with van der Waals surface area (Å²) in [5, 5.41) is 18.8. The van der Waals surface area contributed by atoms with Crippen LogP contribution in [0.25, 0.3) is 0 Å². The normalized spacial score (nSPS) is 19.0. The highest BCUT2D eigenvalue weighted by atomic mass is 19.4. The first kappa shape index (κ1) is 14.9. The number of aliphatic hydroxyl groups is 2. The summed E-state index contributed by atoms with van der Waals surface area (Å²) in [5.41, 5.74) is 0.208. The summed E-state index contributed by atoms with van der Waals surface area (Å²) in [4.78, 5) is 1.57. The molecule has 0 atom stereocenters. The molecule has 0 aromatic heterocycles. The first-order valence-corrected chi connectivity index (χ1v) is 5.91. The zero-order valence-corrected chi connectivity index (χ0v) is 10.3. The summed E-state index contributed by atoms with van der Waals surface area (Å²) >= 11 is 0. The quantitative estimate of drug-likeness (QED) is 0.647. The Bertz CT molecular complexity index is 480. The maximum absolute atomic E-state index is 13.3. The average Bonchev–Trinajstić information content (AvgIpc) is 2.25. The van der Waals surface area contributed by atoms with Crippen molar-refractivity contribution in [2.45, 2.75) is 25.0 Å². The van der Waals surface area contributed by atoms with Crippen LogP contribution in [0.15, 0.2) is 18.2 Å². The van der Waals surface area contributed by atoms with E-state index in [0.29, 0.717) is 6.07 Å². The first-order chi connectivity index (χ1) is 9.15. The molecule has 0 saturated carbocycles. The second-order valence-electron chi connectivity index (χ2n) is 4.66. The summed E-state index contributed by atoms with van der Waals surface area (Å²) in [6, 6.07) is 2.78. The highest BCUT2D eigenvalue weighted by molar-refractivity contribution is 5.51. The van der Waals surface area contributed by atoms with E-state index in [1.54, 1.807) is 4.90 Å². The fourth-order valence-corrected chi connectivity index (χ4v) is 2.05. The van der Waals surface area contributed by atoms with Gasteiger partial charge in [-0.15, -0.1) is 13.2 Å². The molecule has 0 radical (unpaired) electrons. The second kappa shape index (κ2) is 5.10. The van der Waals surface area contributed by atoms with Gasteiger partial charge in [0.1, 0.15) is 11.6 Å². The largest absolute Gasteiger partial charge is 0.573 e. The van der Waals surface area contributed by atoms with Crippen LogP contribution in [-0.2, 0) is 0 Å². The molecule has 1 heterocycles. The van der Waals surface area contributed by atoms with Crippen LogP contribution in [0.4, 0.5) is 23.2 Å². The molecule has 112 valence electrons. The van der Waals surface area contributed by atoms with Gasteiger partial charge in [-0.05, 0) is 6.07 Å². The van der Waals surface area contributed by atoms with Crippen LogP contribution in [0.3, 0.4) is 0 Å². The molecule has 1 aliphatic heterocycles. The van der Waals surface area contributed by atoms with Crippen molar-refractivity contribution in [3.8, 4) is 5.75 Å². The smallest absolute Gasteiger partial charge is 0.406 e. The average molecular weight is 295 g/mol. The number of hydrogen-bond donors (Lipinski definition) is 2. The van der Waals surface area contributed by atoms with E-state index >= 15 is 0 Å². The van der Waals surface area contributed by atoms with E-state index in [-0.39, 0.29) is 31.6 Å². The van der Waals surface area contributed by atoms with E-state index in [1.807, 2.05) is 0 Å². The van der Waals surface area contributed by atoms with Gasteiger partial charge in [-0.2, -0.15) is 0 Å². The third-order valence-corrected chi connectivity index (χ3v) is 3.02. The maximum Gasteiger partial charge on any atom is 0.573 e. The number of nitrogens with zero attached hydrogens (tertiary/aromatic N) is 1. The molecule has 20 heavy (non-hydrogen) atoms. The Balaban J connectivity index is 2.16. The lowest BCUT2D eigenvalue weighted by Gasteiger charge is -2.36. The van der Waals surface area contributed by atoms with Gasteiger partial charge in [0.25, 0.3) is 0 Å². The van der Waals surface area contributed by atoms with Crippen molar-refractivity contribution >= 4 is 5.69 Å². The van der Waals surface area contributed by atoms with Crippen molar-refractivity contribution in [1.29, 1.82) is 0 Å². The minimum Gasteiger partial charge on any atom is -0.406 e. The highest BCUT2D eigenvalue weighted by Crippen LogP contribution is 2.30. The minimum absolute atomic E-state index is 0.0268. The van der Waals surface area contributed by atoms with E-state index in [2.05, 4.69) is 4.74 Å². The van der Waals surface area contributed by atoms with Gasteiger partial charge in [0, 0.05) is 43.8 Å². The van der Waals surface area contributed by atoms with Crippen molar-refractivity contribution in [3.63, 3.8) is 0 Å². The van der Waals surface area contributed by atoms with Crippen LogP contribution < -0.4 is 9.64 Å². The molecule has 0 amide bonds. The number of ether oxygens (including phenoxy) is 1. The van der Waals surface area contributed by atoms with Crippen molar-refractivity contribution in [2.24, 2.45) is 0 Å². The number of anilines is 1. The van der Waals surface area contributed by atoms with Gasteiger partial charge < -0.3 is 19.8 Å². The molecule has 8 heteroatoms. The Labute approximate surface area is 112 Å². The van der Waals surface area contributed by atoms with Crippen molar-refractivity contribution in [1.82, 2.24) is 0 Å². The Hall–Kier alpha value is -1.54. The summed E-state index contributed by atoms with van der Waals surface area (Å²) in [6.45, 7) is 0.393. The third kappa shape index (κ3) is 3.97. The number of alkyl halides is 3. The van der Waals surface area contributed by atoms with Crippen LogP contribution >= 0.6 is 0 Å². The molecule has 1 aromatic carbocycles. The minimum atomic E-state index is -4.89. The van der Waals surface area contributed by atoms with Gasteiger partial charge in [-0.25, -0.2) is 4.39 Å². The Morgan fingerprint density at radius 3 is 2.25 bits per heavy atom.